The van der Waals surface area contributed by atoms with Gasteiger partial charge in [0.1, 0.15) is 5.03 Å². The monoisotopic (exact) mass is 258 g/mol. The van der Waals surface area contributed by atoms with Crippen molar-refractivity contribution in [3.05, 3.63) is 53.2 Å². The lowest BCUT2D eigenvalue weighted by atomic mass is 10.2. The highest BCUT2D eigenvalue weighted by Crippen LogP contribution is 2.29. The second kappa shape index (κ2) is 5.55. The van der Waals surface area contributed by atoms with Crippen LogP contribution in [0.3, 0.4) is 0 Å². The number of pyridine rings is 1. The predicted molar refractivity (Wildman–Crippen MR) is 76.9 cm³/mol. The van der Waals surface area contributed by atoms with Gasteiger partial charge in [0.05, 0.1) is 0 Å². The van der Waals surface area contributed by atoms with Crippen molar-refractivity contribution in [2.24, 2.45) is 5.73 Å². The van der Waals surface area contributed by atoms with Crippen molar-refractivity contribution in [1.29, 1.82) is 0 Å². The third kappa shape index (κ3) is 3.12. The zero-order valence-electron chi connectivity index (χ0n) is 11.0. The summed E-state index contributed by atoms with van der Waals surface area (Å²) < 4.78 is 0. The molecule has 2 N–H and O–H groups in total. The molecule has 1 unspecified atom stereocenters. The molecule has 0 amide bonds. The Kier molecular flexibility index (Phi) is 4.04. The van der Waals surface area contributed by atoms with Crippen LogP contribution in [-0.4, -0.2) is 4.98 Å². The molecule has 2 rings (SSSR count). The van der Waals surface area contributed by atoms with Crippen molar-refractivity contribution >= 4 is 11.8 Å². The van der Waals surface area contributed by atoms with Crippen molar-refractivity contribution in [3.8, 4) is 0 Å². The molecule has 0 spiro atoms. The van der Waals surface area contributed by atoms with E-state index in [1.54, 1.807) is 11.8 Å². The molecule has 0 aliphatic carbocycles. The summed E-state index contributed by atoms with van der Waals surface area (Å²) in [6.07, 6.45) is 1.86. The second-order valence-electron chi connectivity index (χ2n) is 4.59. The summed E-state index contributed by atoms with van der Waals surface area (Å²) in [6, 6.07) is 10.6. The molecule has 1 heterocycles. The number of aromatic nitrogens is 1. The maximum absolute atomic E-state index is 5.81. The molecular formula is C15H18N2S. The van der Waals surface area contributed by atoms with Crippen LogP contribution >= 0.6 is 11.8 Å². The highest BCUT2D eigenvalue weighted by molar-refractivity contribution is 7.99. The summed E-state index contributed by atoms with van der Waals surface area (Å²) in [6.45, 7) is 6.20. The summed E-state index contributed by atoms with van der Waals surface area (Å²) in [5.74, 6) is 0. The molecule has 1 aromatic heterocycles. The number of nitrogens with two attached hydrogens (primary N) is 1. The van der Waals surface area contributed by atoms with Gasteiger partial charge in [-0.2, -0.15) is 0 Å². The van der Waals surface area contributed by atoms with Gasteiger partial charge in [0.2, 0.25) is 0 Å². The highest BCUT2D eigenvalue weighted by atomic mass is 32.2. The lowest BCUT2D eigenvalue weighted by Gasteiger charge is -2.08. The van der Waals surface area contributed by atoms with E-state index in [0.29, 0.717) is 0 Å². The van der Waals surface area contributed by atoms with Crippen LogP contribution in [0.25, 0.3) is 0 Å². The molecule has 3 heteroatoms. The van der Waals surface area contributed by atoms with Gasteiger partial charge in [-0.05, 0) is 49.6 Å². The third-order valence-electron chi connectivity index (χ3n) is 2.84. The fourth-order valence-electron chi connectivity index (χ4n) is 1.65. The molecule has 0 fully saturated rings. The van der Waals surface area contributed by atoms with Gasteiger partial charge in [-0.25, -0.2) is 4.98 Å². The summed E-state index contributed by atoms with van der Waals surface area (Å²) >= 11 is 1.70. The van der Waals surface area contributed by atoms with E-state index in [1.165, 1.54) is 16.0 Å². The van der Waals surface area contributed by atoms with E-state index in [0.717, 1.165) is 10.6 Å². The molecule has 1 atom stereocenters. The first-order chi connectivity index (χ1) is 8.56. The molecule has 0 bridgehead atoms. The van der Waals surface area contributed by atoms with Crippen molar-refractivity contribution < 1.29 is 0 Å². The van der Waals surface area contributed by atoms with Crippen LogP contribution in [0.15, 0.2) is 46.5 Å². The van der Waals surface area contributed by atoms with Crippen LogP contribution in [-0.2, 0) is 0 Å². The SMILES string of the molecule is Cc1ccc(C)c(Sc2ccc(C(C)N)cn2)c1. The summed E-state index contributed by atoms with van der Waals surface area (Å²) in [7, 11) is 0. The fourth-order valence-corrected chi connectivity index (χ4v) is 2.59. The smallest absolute Gasteiger partial charge is 0.101 e. The maximum atomic E-state index is 5.81. The molecule has 1 aromatic carbocycles. The minimum atomic E-state index is 0.0391. The van der Waals surface area contributed by atoms with Crippen molar-refractivity contribution in [2.75, 3.05) is 0 Å². The van der Waals surface area contributed by atoms with Gasteiger partial charge < -0.3 is 5.73 Å². The topological polar surface area (TPSA) is 38.9 Å². The van der Waals surface area contributed by atoms with Crippen LogP contribution in [0, 0.1) is 13.8 Å². The van der Waals surface area contributed by atoms with E-state index in [-0.39, 0.29) is 6.04 Å². The summed E-state index contributed by atoms with van der Waals surface area (Å²) in [5, 5.41) is 1.01. The Hall–Kier alpha value is -1.32. The first kappa shape index (κ1) is 13.1. The van der Waals surface area contributed by atoms with E-state index in [9.17, 15) is 0 Å². The van der Waals surface area contributed by atoms with Crippen molar-refractivity contribution in [2.45, 2.75) is 36.7 Å². The molecule has 0 aliphatic rings. The van der Waals surface area contributed by atoms with Crippen LogP contribution in [0.1, 0.15) is 29.7 Å². The lowest BCUT2D eigenvalue weighted by molar-refractivity contribution is 0.806. The quantitative estimate of drug-likeness (QED) is 0.908. The minimum absolute atomic E-state index is 0.0391. The van der Waals surface area contributed by atoms with Gasteiger partial charge in [0.15, 0.2) is 0 Å². The zero-order chi connectivity index (χ0) is 13.1. The molecule has 18 heavy (non-hydrogen) atoms. The Balaban J connectivity index is 2.21. The average Bonchev–Trinajstić information content (AvgIpc) is 2.34. The predicted octanol–water partition coefficient (Wildman–Crippen LogP) is 3.87. The Morgan fingerprint density at radius 2 is 1.94 bits per heavy atom. The van der Waals surface area contributed by atoms with E-state index in [2.05, 4.69) is 37.0 Å². The Morgan fingerprint density at radius 3 is 2.56 bits per heavy atom. The van der Waals surface area contributed by atoms with Crippen LogP contribution in [0.2, 0.25) is 0 Å². The molecule has 2 aromatic rings. The van der Waals surface area contributed by atoms with Gasteiger partial charge >= 0.3 is 0 Å². The molecular weight excluding hydrogens is 240 g/mol. The molecule has 0 radical (unpaired) electrons. The van der Waals surface area contributed by atoms with Crippen molar-refractivity contribution in [1.82, 2.24) is 4.98 Å². The third-order valence-corrected chi connectivity index (χ3v) is 3.95. The van der Waals surface area contributed by atoms with Gasteiger partial charge in [0.25, 0.3) is 0 Å². The summed E-state index contributed by atoms with van der Waals surface area (Å²) in [5.41, 5.74) is 9.44. The van der Waals surface area contributed by atoms with Gasteiger partial charge in [-0.15, -0.1) is 0 Å². The molecule has 0 saturated carbocycles. The number of aryl methyl sites for hydroxylation is 2. The lowest BCUT2D eigenvalue weighted by Crippen LogP contribution is -2.04. The average molecular weight is 258 g/mol. The molecule has 94 valence electrons. The van der Waals surface area contributed by atoms with Gasteiger partial charge in [-0.1, -0.05) is 30.0 Å². The van der Waals surface area contributed by atoms with Crippen LogP contribution < -0.4 is 5.73 Å². The zero-order valence-corrected chi connectivity index (χ0v) is 11.8. The van der Waals surface area contributed by atoms with E-state index >= 15 is 0 Å². The Morgan fingerprint density at radius 1 is 1.17 bits per heavy atom. The van der Waals surface area contributed by atoms with Gasteiger partial charge in [0, 0.05) is 17.1 Å². The first-order valence-corrected chi connectivity index (χ1v) is 6.84. The van der Waals surface area contributed by atoms with Gasteiger partial charge in [-0.3, -0.25) is 0 Å². The number of benzene rings is 1. The normalized spacial score (nSPS) is 12.4. The molecule has 0 saturated heterocycles. The number of hydrogen-bond acceptors (Lipinski definition) is 3. The number of nitrogens with zero attached hydrogens (tertiary/aromatic N) is 1. The first-order valence-electron chi connectivity index (χ1n) is 6.03. The van der Waals surface area contributed by atoms with E-state index in [4.69, 9.17) is 5.73 Å². The molecule has 2 nitrogen and oxygen atoms in total. The molecule has 0 aliphatic heterocycles. The highest BCUT2D eigenvalue weighted by Gasteiger charge is 2.04. The maximum Gasteiger partial charge on any atom is 0.101 e. The standard InChI is InChI=1S/C15H18N2S/c1-10-4-5-11(2)14(8-10)18-15-7-6-13(9-17-15)12(3)16/h4-9,12H,16H2,1-3H3. The van der Waals surface area contributed by atoms with Crippen molar-refractivity contribution in [3.63, 3.8) is 0 Å². The van der Waals surface area contributed by atoms with E-state index < -0.39 is 0 Å². The fraction of sp³-hybridized carbons (Fsp3) is 0.267. The number of rotatable bonds is 3. The second-order valence-corrected chi connectivity index (χ2v) is 5.65. The minimum Gasteiger partial charge on any atom is -0.324 e. The Bertz CT molecular complexity index is 533. The summed E-state index contributed by atoms with van der Waals surface area (Å²) in [4.78, 5) is 5.71. The van der Waals surface area contributed by atoms with E-state index in [1.807, 2.05) is 25.3 Å². The van der Waals surface area contributed by atoms with Crippen LogP contribution in [0.4, 0.5) is 0 Å². The number of hydrogen-bond donors (Lipinski definition) is 1. The largest absolute Gasteiger partial charge is 0.324 e. The van der Waals surface area contributed by atoms with Crippen LogP contribution in [0.5, 0.6) is 0 Å². The Labute approximate surface area is 113 Å².